The maximum Gasteiger partial charge on any atom is 0.322 e. The van der Waals surface area contributed by atoms with Crippen molar-refractivity contribution >= 4 is 17.5 Å². The maximum atomic E-state index is 13.1. The van der Waals surface area contributed by atoms with Crippen LogP contribution >= 0.6 is 0 Å². The molecule has 2 amide bonds. The van der Waals surface area contributed by atoms with E-state index in [4.69, 9.17) is 0 Å². The molecule has 2 unspecified atom stereocenters. The fourth-order valence-electron chi connectivity index (χ4n) is 3.54. The van der Waals surface area contributed by atoms with E-state index in [9.17, 15) is 14.0 Å². The third-order valence-electron chi connectivity index (χ3n) is 5.19. The van der Waals surface area contributed by atoms with E-state index in [1.807, 2.05) is 12.1 Å². The molecule has 1 fully saturated rings. The molecule has 2 atom stereocenters. The molecule has 6 heteroatoms. The Hall–Kier alpha value is -2.73. The molecule has 0 aromatic heterocycles. The summed E-state index contributed by atoms with van der Waals surface area (Å²) in [7, 11) is 1.69. The van der Waals surface area contributed by atoms with E-state index in [2.05, 4.69) is 10.6 Å². The summed E-state index contributed by atoms with van der Waals surface area (Å²) in [6, 6.07) is 13.4. The second kappa shape index (κ2) is 8.97. The SMILES string of the molecule is CC(=O)c1cccc(N(C)C(=O)NC2CC(Cc3ccc(F)cc3)CCN2)c1. The number of anilines is 1. The second-order valence-corrected chi connectivity index (χ2v) is 7.34. The summed E-state index contributed by atoms with van der Waals surface area (Å²) >= 11 is 0. The minimum Gasteiger partial charge on any atom is -0.322 e. The van der Waals surface area contributed by atoms with Crippen molar-refractivity contribution < 1.29 is 14.0 Å². The van der Waals surface area contributed by atoms with Gasteiger partial charge in [-0.3, -0.25) is 15.0 Å². The van der Waals surface area contributed by atoms with Gasteiger partial charge in [0.1, 0.15) is 5.82 Å². The number of carbonyl (C=O) groups is 2. The van der Waals surface area contributed by atoms with Crippen molar-refractivity contribution in [3.8, 4) is 0 Å². The second-order valence-electron chi connectivity index (χ2n) is 7.34. The number of Topliss-reactive ketones (excluding diaryl/α,β-unsaturated/α-hetero) is 1. The number of amides is 2. The number of benzene rings is 2. The zero-order valence-corrected chi connectivity index (χ0v) is 16.2. The molecule has 3 rings (SSSR count). The Labute approximate surface area is 164 Å². The number of nitrogens with one attached hydrogen (secondary N) is 2. The van der Waals surface area contributed by atoms with Gasteiger partial charge in [-0.05, 0) is 68.5 Å². The lowest BCUT2D eigenvalue weighted by atomic mass is 9.89. The first kappa shape index (κ1) is 20.0. The monoisotopic (exact) mass is 383 g/mol. The lowest BCUT2D eigenvalue weighted by Gasteiger charge is -2.32. The highest BCUT2D eigenvalue weighted by Gasteiger charge is 2.24. The predicted octanol–water partition coefficient (Wildman–Crippen LogP) is 3.74. The number of urea groups is 1. The number of halogens is 1. The molecule has 2 N–H and O–H groups in total. The van der Waals surface area contributed by atoms with E-state index in [1.54, 1.807) is 31.3 Å². The fraction of sp³-hybridized carbons (Fsp3) is 0.364. The van der Waals surface area contributed by atoms with Crippen LogP contribution in [0.3, 0.4) is 0 Å². The Bertz CT molecular complexity index is 838. The van der Waals surface area contributed by atoms with Gasteiger partial charge in [-0.25, -0.2) is 9.18 Å². The van der Waals surface area contributed by atoms with Gasteiger partial charge < -0.3 is 5.32 Å². The molecular formula is C22H26FN3O2. The molecule has 1 saturated heterocycles. The van der Waals surface area contributed by atoms with E-state index in [0.717, 1.165) is 31.4 Å². The number of carbonyl (C=O) groups excluding carboxylic acids is 2. The highest BCUT2D eigenvalue weighted by molar-refractivity contribution is 5.97. The summed E-state index contributed by atoms with van der Waals surface area (Å²) in [4.78, 5) is 25.7. The third kappa shape index (κ3) is 5.16. The third-order valence-corrected chi connectivity index (χ3v) is 5.19. The van der Waals surface area contributed by atoms with Gasteiger partial charge in [-0.1, -0.05) is 24.3 Å². The Morgan fingerprint density at radius 1 is 1.21 bits per heavy atom. The van der Waals surface area contributed by atoms with Crippen LogP contribution in [0.4, 0.5) is 14.9 Å². The molecule has 0 bridgehead atoms. The smallest absolute Gasteiger partial charge is 0.322 e. The largest absolute Gasteiger partial charge is 0.322 e. The summed E-state index contributed by atoms with van der Waals surface area (Å²) in [5.74, 6) is 0.160. The molecule has 5 nitrogen and oxygen atoms in total. The summed E-state index contributed by atoms with van der Waals surface area (Å²) < 4.78 is 13.1. The van der Waals surface area contributed by atoms with Crippen LogP contribution in [0, 0.1) is 11.7 Å². The van der Waals surface area contributed by atoms with Gasteiger partial charge in [-0.15, -0.1) is 0 Å². The average molecular weight is 383 g/mol. The fourth-order valence-corrected chi connectivity index (χ4v) is 3.54. The van der Waals surface area contributed by atoms with E-state index >= 15 is 0 Å². The number of piperidine rings is 1. The van der Waals surface area contributed by atoms with E-state index in [-0.39, 0.29) is 23.8 Å². The normalized spacial score (nSPS) is 19.1. The molecule has 0 spiro atoms. The van der Waals surface area contributed by atoms with E-state index in [1.165, 1.54) is 24.0 Å². The summed E-state index contributed by atoms with van der Waals surface area (Å²) in [5, 5.41) is 6.36. The van der Waals surface area contributed by atoms with Crippen molar-refractivity contribution in [3.63, 3.8) is 0 Å². The maximum absolute atomic E-state index is 13.1. The Morgan fingerprint density at radius 2 is 1.96 bits per heavy atom. The molecular weight excluding hydrogens is 357 g/mol. The van der Waals surface area contributed by atoms with Gasteiger partial charge in [-0.2, -0.15) is 0 Å². The lowest BCUT2D eigenvalue weighted by Crippen LogP contribution is -2.53. The first-order valence-electron chi connectivity index (χ1n) is 9.55. The van der Waals surface area contributed by atoms with Crippen LogP contribution in [0.5, 0.6) is 0 Å². The van der Waals surface area contributed by atoms with Crippen molar-refractivity contribution in [2.45, 2.75) is 32.4 Å². The van der Waals surface area contributed by atoms with Crippen molar-refractivity contribution in [1.29, 1.82) is 0 Å². The summed E-state index contributed by atoms with van der Waals surface area (Å²) in [5.41, 5.74) is 2.35. The zero-order valence-electron chi connectivity index (χ0n) is 16.2. The Morgan fingerprint density at radius 3 is 2.68 bits per heavy atom. The summed E-state index contributed by atoms with van der Waals surface area (Å²) in [6.07, 6.45) is 2.57. The zero-order chi connectivity index (χ0) is 20.1. The highest BCUT2D eigenvalue weighted by Crippen LogP contribution is 2.21. The molecule has 1 aliphatic rings. The predicted molar refractivity (Wildman–Crippen MR) is 108 cm³/mol. The minimum absolute atomic E-state index is 0.0340. The molecule has 0 aliphatic carbocycles. The molecule has 1 aliphatic heterocycles. The number of ketones is 1. The van der Waals surface area contributed by atoms with Gasteiger partial charge in [0, 0.05) is 18.3 Å². The lowest BCUT2D eigenvalue weighted by molar-refractivity contribution is 0.101. The van der Waals surface area contributed by atoms with Gasteiger partial charge in [0.05, 0.1) is 6.17 Å². The van der Waals surface area contributed by atoms with Crippen LogP contribution in [0.25, 0.3) is 0 Å². The number of rotatable bonds is 5. The van der Waals surface area contributed by atoms with Crippen LogP contribution in [-0.4, -0.2) is 31.6 Å². The van der Waals surface area contributed by atoms with Crippen LogP contribution in [0.2, 0.25) is 0 Å². The van der Waals surface area contributed by atoms with Crippen molar-refractivity contribution in [2.75, 3.05) is 18.5 Å². The quantitative estimate of drug-likeness (QED) is 0.773. The summed E-state index contributed by atoms with van der Waals surface area (Å²) in [6.45, 7) is 2.33. The molecule has 148 valence electrons. The molecule has 28 heavy (non-hydrogen) atoms. The Balaban J connectivity index is 1.58. The molecule has 0 radical (unpaired) electrons. The highest BCUT2D eigenvalue weighted by atomic mass is 19.1. The van der Waals surface area contributed by atoms with E-state index in [0.29, 0.717) is 17.2 Å². The van der Waals surface area contributed by atoms with Gasteiger partial charge in [0.25, 0.3) is 0 Å². The molecule has 2 aromatic rings. The first-order valence-corrected chi connectivity index (χ1v) is 9.55. The van der Waals surface area contributed by atoms with Gasteiger partial charge in [0.15, 0.2) is 5.78 Å². The number of hydrogen-bond donors (Lipinski definition) is 2. The molecule has 2 aromatic carbocycles. The molecule has 1 heterocycles. The number of hydrogen-bond acceptors (Lipinski definition) is 3. The van der Waals surface area contributed by atoms with Crippen LogP contribution in [-0.2, 0) is 6.42 Å². The van der Waals surface area contributed by atoms with Crippen LogP contribution in [0.1, 0.15) is 35.7 Å². The van der Waals surface area contributed by atoms with Crippen molar-refractivity contribution in [3.05, 3.63) is 65.5 Å². The van der Waals surface area contributed by atoms with Crippen molar-refractivity contribution in [2.24, 2.45) is 5.92 Å². The topological polar surface area (TPSA) is 61.4 Å². The first-order chi connectivity index (χ1) is 13.4. The minimum atomic E-state index is -0.226. The Kier molecular flexibility index (Phi) is 6.41. The van der Waals surface area contributed by atoms with Crippen LogP contribution < -0.4 is 15.5 Å². The van der Waals surface area contributed by atoms with Crippen molar-refractivity contribution in [1.82, 2.24) is 10.6 Å². The van der Waals surface area contributed by atoms with Gasteiger partial charge >= 0.3 is 6.03 Å². The number of nitrogens with zero attached hydrogens (tertiary/aromatic N) is 1. The van der Waals surface area contributed by atoms with E-state index < -0.39 is 0 Å². The van der Waals surface area contributed by atoms with Gasteiger partial charge in [0.2, 0.25) is 0 Å². The average Bonchev–Trinajstić information content (AvgIpc) is 2.69. The van der Waals surface area contributed by atoms with Crippen LogP contribution in [0.15, 0.2) is 48.5 Å². The standard InChI is InChI=1S/C22H26FN3O2/c1-15(27)18-4-3-5-20(14-18)26(2)22(28)25-21-13-17(10-11-24-21)12-16-6-8-19(23)9-7-16/h3-9,14,17,21,24H,10-13H2,1-2H3,(H,25,28). The molecule has 0 saturated carbocycles.